The van der Waals surface area contributed by atoms with Gasteiger partial charge in [0.1, 0.15) is 0 Å². The fourth-order valence-corrected chi connectivity index (χ4v) is 3.13. The molecule has 1 nitrogen and oxygen atoms in total. The Hall–Kier alpha value is -1.86. The van der Waals surface area contributed by atoms with Gasteiger partial charge in [0.05, 0.1) is 0 Å². The van der Waals surface area contributed by atoms with Crippen molar-refractivity contribution in [3.63, 3.8) is 0 Å². The van der Waals surface area contributed by atoms with Gasteiger partial charge in [0.2, 0.25) is 0 Å². The van der Waals surface area contributed by atoms with Crippen LogP contribution in [0.2, 0.25) is 0 Å². The van der Waals surface area contributed by atoms with Crippen LogP contribution in [0.1, 0.15) is 30.9 Å². The van der Waals surface area contributed by atoms with Crippen molar-refractivity contribution in [1.29, 1.82) is 0 Å². The molecule has 2 aromatic carbocycles. The minimum Gasteiger partial charge on any atom is -0.300 e. The lowest BCUT2D eigenvalue weighted by Gasteiger charge is -2.33. The Balaban J connectivity index is 2.09. The Bertz CT molecular complexity index is 571. The van der Waals surface area contributed by atoms with Crippen molar-refractivity contribution in [3.8, 4) is 0 Å². The average Bonchev–Trinajstić information content (AvgIpc) is 2.53. The Morgan fingerprint density at radius 3 is 1.90 bits per heavy atom. The Morgan fingerprint density at radius 1 is 0.905 bits per heavy atom. The van der Waals surface area contributed by atoms with Gasteiger partial charge >= 0.3 is 0 Å². The smallest absolute Gasteiger partial charge is 0.0202 e. The number of nitrogens with zero attached hydrogens (tertiary/aromatic N) is 1. The highest BCUT2D eigenvalue weighted by Crippen LogP contribution is 2.32. The lowest BCUT2D eigenvalue weighted by molar-refractivity contribution is 0.237. The van der Waals surface area contributed by atoms with Gasteiger partial charge in [-0.05, 0) is 49.1 Å². The molecule has 0 saturated carbocycles. The fourth-order valence-electron chi connectivity index (χ4n) is 3.13. The second-order valence-electron chi connectivity index (χ2n) is 6.01. The van der Waals surface area contributed by atoms with Crippen molar-refractivity contribution in [3.05, 3.63) is 77.4 Å². The first kappa shape index (κ1) is 14.1. The van der Waals surface area contributed by atoms with E-state index in [1.54, 1.807) is 5.57 Å². The number of piperidine rings is 1. The minimum atomic E-state index is 0.682. The molecular formula is C20H23N. The van der Waals surface area contributed by atoms with Crippen LogP contribution in [0.4, 0.5) is 0 Å². The number of rotatable bonds is 2. The van der Waals surface area contributed by atoms with Gasteiger partial charge in [0.25, 0.3) is 0 Å². The maximum absolute atomic E-state index is 2.46. The number of likely N-dealkylation sites (N-methyl/N-ethyl adjacent to an activating group) is 1. The van der Waals surface area contributed by atoms with Gasteiger partial charge < -0.3 is 0 Å². The average molecular weight is 277 g/mol. The van der Waals surface area contributed by atoms with Crippen LogP contribution in [0.5, 0.6) is 0 Å². The minimum absolute atomic E-state index is 0.682. The fraction of sp³-hybridized carbons (Fsp3) is 0.300. The molecule has 0 amide bonds. The molecule has 1 heterocycles. The van der Waals surface area contributed by atoms with E-state index in [2.05, 4.69) is 79.5 Å². The second-order valence-corrected chi connectivity index (χ2v) is 6.01. The summed E-state index contributed by atoms with van der Waals surface area (Å²) in [4.78, 5) is 2.46. The molecule has 0 spiro atoms. The molecule has 108 valence electrons. The van der Waals surface area contributed by atoms with Crippen LogP contribution in [0.3, 0.4) is 0 Å². The zero-order chi connectivity index (χ0) is 14.7. The van der Waals surface area contributed by atoms with E-state index in [4.69, 9.17) is 0 Å². The van der Waals surface area contributed by atoms with Crippen molar-refractivity contribution >= 4 is 5.57 Å². The van der Waals surface area contributed by atoms with E-state index in [1.807, 2.05) is 0 Å². The Labute approximate surface area is 127 Å². The van der Waals surface area contributed by atoms with Crippen LogP contribution >= 0.6 is 0 Å². The standard InChI is InChI=1S/C20H23N/c1-16-13-14-19(15-21(16)2)20(17-9-5-3-6-10-17)18-11-7-4-8-12-18/h3-12,16H,13-15H2,1-2H3. The van der Waals surface area contributed by atoms with E-state index < -0.39 is 0 Å². The first-order chi connectivity index (χ1) is 10.3. The number of hydrogen-bond acceptors (Lipinski definition) is 1. The summed E-state index contributed by atoms with van der Waals surface area (Å²) < 4.78 is 0. The summed E-state index contributed by atoms with van der Waals surface area (Å²) in [5, 5.41) is 0. The second kappa shape index (κ2) is 6.28. The van der Waals surface area contributed by atoms with Crippen LogP contribution in [0.15, 0.2) is 66.2 Å². The van der Waals surface area contributed by atoms with E-state index in [-0.39, 0.29) is 0 Å². The van der Waals surface area contributed by atoms with Gasteiger partial charge in [-0.15, -0.1) is 0 Å². The molecule has 1 aliphatic heterocycles. The third-order valence-corrected chi connectivity index (χ3v) is 4.54. The van der Waals surface area contributed by atoms with E-state index in [0.29, 0.717) is 6.04 Å². The van der Waals surface area contributed by atoms with Gasteiger partial charge in [-0.3, -0.25) is 4.90 Å². The van der Waals surface area contributed by atoms with Crippen molar-refractivity contribution < 1.29 is 0 Å². The quantitative estimate of drug-likeness (QED) is 0.775. The third kappa shape index (κ3) is 3.08. The molecule has 0 aliphatic carbocycles. The van der Waals surface area contributed by atoms with E-state index in [0.717, 1.165) is 6.54 Å². The van der Waals surface area contributed by atoms with Crippen LogP contribution in [-0.2, 0) is 0 Å². The SMILES string of the molecule is CC1CCC(=C(c2ccccc2)c2ccccc2)CN1C. The van der Waals surface area contributed by atoms with Crippen molar-refractivity contribution in [1.82, 2.24) is 4.90 Å². The summed E-state index contributed by atoms with van der Waals surface area (Å²) >= 11 is 0. The molecule has 1 saturated heterocycles. The summed E-state index contributed by atoms with van der Waals surface area (Å²) in [7, 11) is 2.23. The van der Waals surface area contributed by atoms with Crippen molar-refractivity contribution in [2.45, 2.75) is 25.8 Å². The molecule has 1 unspecified atom stereocenters. The molecule has 1 heteroatoms. The molecule has 1 aliphatic rings. The van der Waals surface area contributed by atoms with Crippen LogP contribution in [0.25, 0.3) is 5.57 Å². The largest absolute Gasteiger partial charge is 0.300 e. The summed E-state index contributed by atoms with van der Waals surface area (Å²) in [6.45, 7) is 3.39. The Kier molecular flexibility index (Phi) is 4.21. The summed E-state index contributed by atoms with van der Waals surface area (Å²) in [6, 6.07) is 22.3. The predicted octanol–water partition coefficient (Wildman–Crippen LogP) is 4.60. The molecule has 2 aromatic rings. The summed E-state index contributed by atoms with van der Waals surface area (Å²) in [5.74, 6) is 0. The van der Waals surface area contributed by atoms with Gasteiger partial charge in [0, 0.05) is 12.6 Å². The molecule has 0 aromatic heterocycles. The number of benzene rings is 2. The van der Waals surface area contributed by atoms with Gasteiger partial charge in [-0.2, -0.15) is 0 Å². The highest BCUT2D eigenvalue weighted by atomic mass is 15.1. The normalized spacial score (nSPS) is 19.5. The summed E-state index contributed by atoms with van der Waals surface area (Å²) in [5.41, 5.74) is 5.66. The van der Waals surface area contributed by atoms with Gasteiger partial charge in [0.15, 0.2) is 0 Å². The maximum atomic E-state index is 2.46. The lowest BCUT2D eigenvalue weighted by atomic mass is 9.88. The van der Waals surface area contributed by atoms with E-state index in [1.165, 1.54) is 29.5 Å². The van der Waals surface area contributed by atoms with Crippen LogP contribution in [-0.4, -0.2) is 24.5 Å². The molecule has 0 N–H and O–H groups in total. The first-order valence-electron chi connectivity index (χ1n) is 7.79. The topological polar surface area (TPSA) is 3.24 Å². The molecular weight excluding hydrogens is 254 g/mol. The van der Waals surface area contributed by atoms with E-state index >= 15 is 0 Å². The zero-order valence-corrected chi connectivity index (χ0v) is 12.9. The predicted molar refractivity (Wildman–Crippen MR) is 90.2 cm³/mol. The Morgan fingerprint density at radius 2 is 1.43 bits per heavy atom. The molecule has 1 fully saturated rings. The molecule has 21 heavy (non-hydrogen) atoms. The highest BCUT2D eigenvalue weighted by Gasteiger charge is 2.21. The van der Waals surface area contributed by atoms with Crippen LogP contribution in [0, 0.1) is 0 Å². The molecule has 1 atom stereocenters. The number of likely N-dealkylation sites (tertiary alicyclic amines) is 1. The summed E-state index contributed by atoms with van der Waals surface area (Å²) in [6.07, 6.45) is 2.44. The van der Waals surface area contributed by atoms with Gasteiger partial charge in [-0.1, -0.05) is 60.7 Å². The van der Waals surface area contributed by atoms with Crippen molar-refractivity contribution in [2.75, 3.05) is 13.6 Å². The molecule has 0 radical (unpaired) electrons. The highest BCUT2D eigenvalue weighted by molar-refractivity contribution is 5.82. The lowest BCUT2D eigenvalue weighted by Crippen LogP contribution is -2.35. The molecule has 0 bridgehead atoms. The molecule has 3 rings (SSSR count). The van der Waals surface area contributed by atoms with Crippen molar-refractivity contribution in [2.24, 2.45) is 0 Å². The maximum Gasteiger partial charge on any atom is 0.0202 e. The van der Waals surface area contributed by atoms with Gasteiger partial charge in [-0.25, -0.2) is 0 Å². The first-order valence-corrected chi connectivity index (χ1v) is 7.79. The number of hydrogen-bond donors (Lipinski definition) is 0. The zero-order valence-electron chi connectivity index (χ0n) is 12.9. The van der Waals surface area contributed by atoms with Crippen LogP contribution < -0.4 is 0 Å². The van der Waals surface area contributed by atoms with E-state index in [9.17, 15) is 0 Å². The third-order valence-electron chi connectivity index (χ3n) is 4.54. The monoisotopic (exact) mass is 277 g/mol.